The molecule has 0 saturated heterocycles. The van der Waals surface area contributed by atoms with E-state index in [2.05, 4.69) is 133 Å². The van der Waals surface area contributed by atoms with E-state index < -0.39 is 11.2 Å². The quantitative estimate of drug-likeness (QED) is 0.194. The van der Waals surface area contributed by atoms with Gasteiger partial charge in [0.05, 0.1) is 16.6 Å². The van der Waals surface area contributed by atoms with E-state index in [0.717, 1.165) is 16.6 Å². The normalized spacial score (nSPS) is 14.0. The average Bonchev–Trinajstić information content (AvgIpc) is 3.54. The summed E-state index contributed by atoms with van der Waals surface area (Å²) in [6, 6.07) is 51.0. The third kappa shape index (κ3) is 4.26. The lowest BCUT2D eigenvalue weighted by Gasteiger charge is -2.37. The highest BCUT2D eigenvalue weighted by Gasteiger charge is 2.51. The van der Waals surface area contributed by atoms with E-state index in [1.54, 1.807) is 21.3 Å². The average molecular weight is 596 g/mol. The van der Waals surface area contributed by atoms with E-state index in [0.29, 0.717) is 0 Å². The molecule has 0 saturated carbocycles. The zero-order valence-electron chi connectivity index (χ0n) is 26.7. The second-order valence-corrected chi connectivity index (χ2v) is 13.7. The molecule has 8 rings (SSSR count). The smallest absolute Gasteiger partial charge is 0.330 e. The molecular weight excluding hydrogens is 559 g/mol. The Balaban J connectivity index is 1.22. The van der Waals surface area contributed by atoms with Gasteiger partial charge in [-0.25, -0.2) is 0 Å². The zero-order valence-corrected chi connectivity index (χ0v) is 26.7. The van der Waals surface area contributed by atoms with Gasteiger partial charge in [0.15, 0.2) is 0 Å². The van der Waals surface area contributed by atoms with Crippen molar-refractivity contribution in [1.82, 2.24) is 0 Å². The van der Waals surface area contributed by atoms with Crippen LogP contribution >= 0.6 is 0 Å². The van der Waals surface area contributed by atoms with Crippen molar-refractivity contribution in [2.75, 3.05) is 0 Å². The minimum Gasteiger partial charge on any atom is -0.427 e. The van der Waals surface area contributed by atoms with Crippen LogP contribution in [0.1, 0.15) is 49.9 Å². The van der Waals surface area contributed by atoms with Gasteiger partial charge in [0.2, 0.25) is 0 Å². The van der Waals surface area contributed by atoms with Crippen LogP contribution in [-0.4, -0.2) is 23.8 Å². The number of benzene rings is 6. The molecule has 1 spiro atoms. The molecule has 0 aliphatic heterocycles. The monoisotopic (exact) mass is 595 g/mol. The Kier molecular flexibility index (Phi) is 6.51. The van der Waals surface area contributed by atoms with E-state index in [4.69, 9.17) is 4.65 Å². The zero-order chi connectivity index (χ0) is 31.7. The van der Waals surface area contributed by atoms with Gasteiger partial charge in [-0.1, -0.05) is 133 Å². The van der Waals surface area contributed by atoms with Gasteiger partial charge in [-0.3, -0.25) is 0 Å². The molecule has 0 amide bonds. The molecule has 2 nitrogen and oxygen atoms in total. The summed E-state index contributed by atoms with van der Waals surface area (Å²) in [5, 5.41) is 10.5. The molecule has 0 unspecified atom stereocenters. The fourth-order valence-corrected chi connectivity index (χ4v) is 7.30. The summed E-state index contributed by atoms with van der Waals surface area (Å²) in [4.78, 5) is 0. The van der Waals surface area contributed by atoms with E-state index in [1.165, 1.54) is 55.6 Å². The highest BCUT2D eigenvalue weighted by molar-refractivity contribution is 6.47. The van der Waals surface area contributed by atoms with Crippen LogP contribution in [-0.2, 0) is 10.1 Å². The van der Waals surface area contributed by atoms with Crippen LogP contribution in [0.4, 0.5) is 0 Å². The van der Waals surface area contributed by atoms with Gasteiger partial charge >= 0.3 is 7.48 Å². The fraction of sp³-hybridized carbons (Fsp3) is 0.163. The van der Waals surface area contributed by atoms with Crippen LogP contribution in [0.3, 0.4) is 0 Å². The molecule has 2 aliphatic carbocycles. The Labute approximate surface area is 272 Å². The molecule has 3 heteroatoms. The molecule has 1 radical (unpaired) electrons. The van der Waals surface area contributed by atoms with Gasteiger partial charge in [-0.15, -0.1) is 0 Å². The predicted octanol–water partition coefficient (Wildman–Crippen LogP) is 9.17. The lowest BCUT2D eigenvalue weighted by molar-refractivity contribution is -0.0893. The van der Waals surface area contributed by atoms with Crippen LogP contribution in [0.2, 0.25) is 0 Å². The lowest BCUT2D eigenvalue weighted by Crippen LogP contribution is -2.49. The molecule has 1 N–H and O–H groups in total. The third-order valence-corrected chi connectivity index (χ3v) is 10.4. The first-order valence-electron chi connectivity index (χ1n) is 16.1. The highest BCUT2D eigenvalue weighted by atomic mass is 16.5. The molecular formula is C43H36BO2. The summed E-state index contributed by atoms with van der Waals surface area (Å²) in [7, 11) is 1.75. The van der Waals surface area contributed by atoms with Crippen molar-refractivity contribution in [3.05, 3.63) is 162 Å². The van der Waals surface area contributed by atoms with Crippen molar-refractivity contribution in [3.63, 3.8) is 0 Å². The maximum absolute atomic E-state index is 10.5. The van der Waals surface area contributed by atoms with Crippen LogP contribution < -0.4 is 5.46 Å². The second-order valence-electron chi connectivity index (χ2n) is 13.7. The van der Waals surface area contributed by atoms with Crippen molar-refractivity contribution in [2.45, 2.75) is 44.3 Å². The van der Waals surface area contributed by atoms with Gasteiger partial charge < -0.3 is 9.76 Å². The molecule has 2 aliphatic rings. The minimum atomic E-state index is -0.978. The minimum absolute atomic E-state index is 0.353. The number of rotatable bonds is 6. The van der Waals surface area contributed by atoms with Gasteiger partial charge in [-0.2, -0.15) is 0 Å². The van der Waals surface area contributed by atoms with Crippen LogP contribution in [0, 0.1) is 0 Å². The summed E-state index contributed by atoms with van der Waals surface area (Å²) < 4.78 is 6.05. The molecule has 0 atom stereocenters. The van der Waals surface area contributed by atoms with Crippen LogP contribution in [0.5, 0.6) is 0 Å². The van der Waals surface area contributed by atoms with Gasteiger partial charge in [-0.05, 0) is 107 Å². The highest BCUT2D eigenvalue weighted by Crippen LogP contribution is 2.63. The summed E-state index contributed by atoms with van der Waals surface area (Å²) >= 11 is 0. The number of hydrogen-bond acceptors (Lipinski definition) is 2. The molecule has 0 heterocycles. The Morgan fingerprint density at radius 2 is 0.935 bits per heavy atom. The molecule has 0 bridgehead atoms. The second kappa shape index (κ2) is 10.4. The largest absolute Gasteiger partial charge is 0.427 e. The fourth-order valence-electron chi connectivity index (χ4n) is 7.30. The Morgan fingerprint density at radius 3 is 1.48 bits per heavy atom. The van der Waals surface area contributed by atoms with E-state index in [-0.39, 0.29) is 5.41 Å². The number of hydrogen-bond donors (Lipinski definition) is 1. The van der Waals surface area contributed by atoms with E-state index >= 15 is 0 Å². The summed E-state index contributed by atoms with van der Waals surface area (Å²) in [6.45, 7) is 7.34. The van der Waals surface area contributed by atoms with Gasteiger partial charge in [0.25, 0.3) is 0 Å². The molecule has 46 heavy (non-hydrogen) atoms. The van der Waals surface area contributed by atoms with Gasteiger partial charge in [0.1, 0.15) is 0 Å². The van der Waals surface area contributed by atoms with E-state index in [1.807, 2.05) is 19.9 Å². The van der Waals surface area contributed by atoms with Crippen molar-refractivity contribution in [3.8, 4) is 44.5 Å². The summed E-state index contributed by atoms with van der Waals surface area (Å²) in [5.41, 5.74) is 14.2. The van der Waals surface area contributed by atoms with Crippen LogP contribution in [0.25, 0.3) is 44.5 Å². The molecule has 0 aromatic heterocycles. The Morgan fingerprint density at radius 1 is 0.478 bits per heavy atom. The summed E-state index contributed by atoms with van der Waals surface area (Å²) in [5.74, 6) is 0. The van der Waals surface area contributed by atoms with Crippen molar-refractivity contribution < 1.29 is 9.76 Å². The molecule has 223 valence electrons. The maximum Gasteiger partial charge on any atom is 0.330 e. The van der Waals surface area contributed by atoms with Crippen molar-refractivity contribution >= 4 is 12.9 Å². The predicted molar refractivity (Wildman–Crippen MR) is 190 cm³/mol. The Hall–Kier alpha value is -4.70. The van der Waals surface area contributed by atoms with Crippen LogP contribution in [0.15, 0.2) is 140 Å². The number of fused-ring (bicyclic) bond motifs is 10. The van der Waals surface area contributed by atoms with Gasteiger partial charge in [0, 0.05) is 0 Å². The molecule has 6 aromatic rings. The molecule has 0 fully saturated rings. The van der Waals surface area contributed by atoms with E-state index in [9.17, 15) is 5.11 Å². The number of aliphatic hydroxyl groups is 1. The molecule has 6 aromatic carbocycles. The first-order valence-corrected chi connectivity index (χ1v) is 16.1. The Bertz CT molecular complexity index is 2070. The van der Waals surface area contributed by atoms with Crippen molar-refractivity contribution in [2.24, 2.45) is 0 Å². The lowest BCUT2D eigenvalue weighted by atomic mass is 9.70. The first-order chi connectivity index (χ1) is 22.2. The SMILES string of the molecule is CC(C)(O)C(C)(C)O[B]c1cccc(-c2cccc(-c3ccc4c(c3)C3(c5ccccc5-c5ccccc53)c3ccccc3-4)c2)c1. The topological polar surface area (TPSA) is 29.5 Å². The van der Waals surface area contributed by atoms with Crippen molar-refractivity contribution in [1.29, 1.82) is 0 Å². The standard InChI is InChI=1S/C43H36BO2/c1-41(2,45)42(3,4)46-44-32-16-12-15-30(26-32)28-13-11-14-29(25-28)31-23-24-36-35-19-7-10-22-39(35)43(40(36)27-31)37-20-8-5-17-33(37)34-18-6-9-21-38(34)43/h5-27,45H,1-4H3. The third-order valence-electron chi connectivity index (χ3n) is 10.4. The maximum atomic E-state index is 10.5. The summed E-state index contributed by atoms with van der Waals surface area (Å²) in [6.07, 6.45) is 0. The first kappa shape index (κ1) is 28.8.